The molecule has 1 aromatic carbocycles. The van der Waals surface area contributed by atoms with E-state index in [1.165, 1.54) is 0 Å². The summed E-state index contributed by atoms with van der Waals surface area (Å²) in [4.78, 5) is 23.6. The number of halogens is 1. The van der Waals surface area contributed by atoms with Crippen molar-refractivity contribution >= 4 is 21.9 Å². The van der Waals surface area contributed by atoms with Crippen LogP contribution >= 0.6 is 0 Å². The standard InChI is InChI=1S/C19H24FN3O6S/c1-13(2)19(3,12-21)22-17(24)11-29-18(25)14-4-5-15(20)16(10-14)30(26,27)23-6-8-28-9-7-23/h4-5,10,13H,6-9,11H2,1-3H3,(H,22,24)/t19-/m0/s1. The Morgan fingerprint density at radius 1 is 1.37 bits per heavy atom. The molecule has 1 aliphatic rings. The summed E-state index contributed by atoms with van der Waals surface area (Å²) in [6.45, 7) is 4.90. The van der Waals surface area contributed by atoms with Gasteiger partial charge in [0, 0.05) is 13.1 Å². The van der Waals surface area contributed by atoms with Crippen LogP contribution in [0.1, 0.15) is 31.1 Å². The zero-order valence-corrected chi connectivity index (χ0v) is 17.8. The average Bonchev–Trinajstić information content (AvgIpc) is 2.72. The number of carbonyl (C=O) groups excluding carboxylic acids is 2. The summed E-state index contributed by atoms with van der Waals surface area (Å²) < 4.78 is 50.7. The number of morpholine rings is 1. The zero-order chi connectivity index (χ0) is 22.5. The Balaban J connectivity index is 2.11. The predicted octanol–water partition coefficient (Wildman–Crippen LogP) is 1.06. The third-order valence-electron chi connectivity index (χ3n) is 4.88. The van der Waals surface area contributed by atoms with Gasteiger partial charge in [0.15, 0.2) is 6.61 Å². The minimum absolute atomic E-state index is 0.0735. The molecule has 1 fully saturated rings. The number of rotatable bonds is 7. The summed E-state index contributed by atoms with van der Waals surface area (Å²) in [7, 11) is -4.16. The van der Waals surface area contributed by atoms with Crippen LogP contribution in [-0.4, -0.2) is 63.0 Å². The third kappa shape index (κ3) is 5.33. The molecule has 164 valence electrons. The number of nitrogens with zero attached hydrogens (tertiary/aromatic N) is 2. The lowest BCUT2D eigenvalue weighted by Crippen LogP contribution is -2.50. The Bertz CT molecular complexity index is 954. The number of sulfonamides is 1. The van der Waals surface area contributed by atoms with Gasteiger partial charge in [-0.2, -0.15) is 9.57 Å². The van der Waals surface area contributed by atoms with Gasteiger partial charge in [-0.05, 0) is 31.0 Å². The van der Waals surface area contributed by atoms with Gasteiger partial charge in [-0.1, -0.05) is 13.8 Å². The van der Waals surface area contributed by atoms with E-state index in [4.69, 9.17) is 9.47 Å². The van der Waals surface area contributed by atoms with Crippen molar-refractivity contribution in [2.24, 2.45) is 5.92 Å². The molecule has 1 aromatic rings. The number of nitrogens with one attached hydrogen (secondary N) is 1. The molecule has 0 spiro atoms. The molecule has 0 saturated carbocycles. The van der Waals surface area contributed by atoms with E-state index in [2.05, 4.69) is 5.32 Å². The van der Waals surface area contributed by atoms with E-state index >= 15 is 0 Å². The smallest absolute Gasteiger partial charge is 0.338 e. The lowest BCUT2D eigenvalue weighted by atomic mass is 9.90. The molecule has 1 atom stereocenters. The van der Waals surface area contributed by atoms with Gasteiger partial charge in [0.2, 0.25) is 10.0 Å². The van der Waals surface area contributed by atoms with E-state index in [1.807, 2.05) is 6.07 Å². The summed E-state index contributed by atoms with van der Waals surface area (Å²) in [5, 5.41) is 11.7. The van der Waals surface area contributed by atoms with Crippen molar-refractivity contribution in [3.05, 3.63) is 29.6 Å². The SMILES string of the molecule is CC(C)[C@](C)(C#N)NC(=O)COC(=O)c1ccc(F)c(S(=O)(=O)N2CCOCC2)c1. The molecule has 1 aliphatic heterocycles. The van der Waals surface area contributed by atoms with Crippen molar-refractivity contribution in [1.82, 2.24) is 9.62 Å². The number of benzene rings is 1. The molecule has 11 heteroatoms. The van der Waals surface area contributed by atoms with Gasteiger partial charge in [0.05, 0.1) is 24.8 Å². The maximum absolute atomic E-state index is 14.2. The van der Waals surface area contributed by atoms with Crippen molar-refractivity contribution < 1.29 is 31.9 Å². The minimum Gasteiger partial charge on any atom is -0.452 e. The second-order valence-corrected chi connectivity index (χ2v) is 9.16. The summed E-state index contributed by atoms with van der Waals surface area (Å²) >= 11 is 0. The molecule has 0 radical (unpaired) electrons. The van der Waals surface area contributed by atoms with Crippen LogP contribution < -0.4 is 5.32 Å². The highest BCUT2D eigenvalue weighted by Crippen LogP contribution is 2.22. The Morgan fingerprint density at radius 2 is 2.00 bits per heavy atom. The Morgan fingerprint density at radius 3 is 2.57 bits per heavy atom. The second kappa shape index (κ2) is 9.51. The largest absolute Gasteiger partial charge is 0.452 e. The quantitative estimate of drug-likeness (QED) is 0.627. The van der Waals surface area contributed by atoms with Gasteiger partial charge in [-0.25, -0.2) is 17.6 Å². The fourth-order valence-corrected chi connectivity index (χ4v) is 4.09. The number of hydrogen-bond acceptors (Lipinski definition) is 7. The van der Waals surface area contributed by atoms with Crippen LogP contribution in [0, 0.1) is 23.1 Å². The zero-order valence-electron chi connectivity index (χ0n) is 17.0. The third-order valence-corrected chi connectivity index (χ3v) is 6.79. The molecule has 1 N–H and O–H groups in total. The average molecular weight is 441 g/mol. The lowest BCUT2D eigenvalue weighted by Gasteiger charge is -2.27. The van der Waals surface area contributed by atoms with E-state index in [0.29, 0.717) is 0 Å². The molecule has 9 nitrogen and oxygen atoms in total. The highest BCUT2D eigenvalue weighted by molar-refractivity contribution is 7.89. The molecule has 0 aromatic heterocycles. The fourth-order valence-electron chi connectivity index (χ4n) is 2.60. The summed E-state index contributed by atoms with van der Waals surface area (Å²) in [5.41, 5.74) is -1.36. The van der Waals surface area contributed by atoms with Crippen molar-refractivity contribution in [3.63, 3.8) is 0 Å². The predicted molar refractivity (Wildman–Crippen MR) is 103 cm³/mol. The van der Waals surface area contributed by atoms with Gasteiger partial charge in [-0.15, -0.1) is 0 Å². The second-order valence-electron chi connectivity index (χ2n) is 7.25. The van der Waals surface area contributed by atoms with Crippen LogP contribution in [0.25, 0.3) is 0 Å². The summed E-state index contributed by atoms with van der Waals surface area (Å²) in [6, 6.07) is 4.81. The van der Waals surface area contributed by atoms with E-state index in [9.17, 15) is 27.7 Å². The first-order valence-electron chi connectivity index (χ1n) is 9.28. The maximum Gasteiger partial charge on any atom is 0.338 e. The molecule has 2 rings (SSSR count). The van der Waals surface area contributed by atoms with Crippen molar-refractivity contribution in [2.75, 3.05) is 32.9 Å². The van der Waals surface area contributed by atoms with Crippen LogP contribution in [-0.2, 0) is 24.3 Å². The Kier molecular flexibility index (Phi) is 7.52. The first-order chi connectivity index (χ1) is 14.0. The molecule has 1 saturated heterocycles. The van der Waals surface area contributed by atoms with Crippen LogP contribution in [0.4, 0.5) is 4.39 Å². The van der Waals surface area contributed by atoms with Gasteiger partial charge >= 0.3 is 5.97 Å². The number of nitriles is 1. The van der Waals surface area contributed by atoms with E-state index in [-0.39, 0.29) is 37.8 Å². The van der Waals surface area contributed by atoms with Gasteiger partial charge < -0.3 is 14.8 Å². The normalized spacial score (nSPS) is 17.1. The van der Waals surface area contributed by atoms with Crippen LogP contribution in [0.5, 0.6) is 0 Å². The monoisotopic (exact) mass is 441 g/mol. The van der Waals surface area contributed by atoms with Gasteiger partial charge in [0.25, 0.3) is 5.91 Å². The molecular weight excluding hydrogens is 417 g/mol. The molecule has 0 bridgehead atoms. The number of amides is 1. The minimum atomic E-state index is -4.16. The number of hydrogen-bond donors (Lipinski definition) is 1. The molecule has 1 amide bonds. The van der Waals surface area contributed by atoms with Crippen LogP contribution in [0.3, 0.4) is 0 Å². The lowest BCUT2D eigenvalue weighted by molar-refractivity contribution is -0.125. The first-order valence-corrected chi connectivity index (χ1v) is 10.7. The van der Waals surface area contributed by atoms with E-state index in [0.717, 1.165) is 22.5 Å². The van der Waals surface area contributed by atoms with Gasteiger partial charge in [0.1, 0.15) is 16.3 Å². The molecule has 0 aliphatic carbocycles. The fraction of sp³-hybridized carbons (Fsp3) is 0.526. The van der Waals surface area contributed by atoms with Crippen LogP contribution in [0.15, 0.2) is 23.1 Å². The Hall–Kier alpha value is -2.55. The Labute approximate surface area is 174 Å². The molecule has 0 unspecified atom stereocenters. The topological polar surface area (TPSA) is 126 Å². The highest BCUT2D eigenvalue weighted by Gasteiger charge is 2.31. The number of esters is 1. The number of ether oxygens (including phenoxy) is 2. The molecule has 1 heterocycles. The van der Waals surface area contributed by atoms with Gasteiger partial charge in [-0.3, -0.25) is 4.79 Å². The summed E-state index contributed by atoms with van der Waals surface area (Å²) in [6.07, 6.45) is 0. The molecular formula is C19H24FN3O6S. The highest BCUT2D eigenvalue weighted by atomic mass is 32.2. The summed E-state index contributed by atoms with van der Waals surface area (Å²) in [5.74, 6) is -2.87. The van der Waals surface area contributed by atoms with Crippen LogP contribution in [0.2, 0.25) is 0 Å². The molecule has 30 heavy (non-hydrogen) atoms. The van der Waals surface area contributed by atoms with Crippen molar-refractivity contribution in [3.8, 4) is 6.07 Å². The van der Waals surface area contributed by atoms with Crippen molar-refractivity contribution in [1.29, 1.82) is 5.26 Å². The first kappa shape index (κ1) is 23.7. The van der Waals surface area contributed by atoms with E-state index in [1.54, 1.807) is 20.8 Å². The number of carbonyl (C=O) groups is 2. The maximum atomic E-state index is 14.2. The van der Waals surface area contributed by atoms with E-state index < -0.39 is 44.8 Å². The van der Waals surface area contributed by atoms with Crippen molar-refractivity contribution in [2.45, 2.75) is 31.2 Å².